The van der Waals surface area contributed by atoms with Gasteiger partial charge in [-0.05, 0) is 18.2 Å². The van der Waals surface area contributed by atoms with E-state index >= 15 is 0 Å². The van der Waals surface area contributed by atoms with Crippen molar-refractivity contribution < 1.29 is 16.8 Å². The molecule has 0 radical (unpaired) electrons. The molecule has 7 nitrogen and oxygen atoms in total. The van der Waals surface area contributed by atoms with Crippen molar-refractivity contribution in [1.82, 2.24) is 9.97 Å². The van der Waals surface area contributed by atoms with Crippen LogP contribution in [0.5, 0.6) is 0 Å². The van der Waals surface area contributed by atoms with Gasteiger partial charge >= 0.3 is 0 Å². The summed E-state index contributed by atoms with van der Waals surface area (Å²) in [4.78, 5) is 6.66. The van der Waals surface area contributed by atoms with Gasteiger partial charge in [-0.2, -0.15) is 8.42 Å². The number of sulfonamides is 1. The molecular weight excluding hydrogens is 314 g/mol. The number of sulfone groups is 1. The van der Waals surface area contributed by atoms with Gasteiger partial charge in [0.15, 0.2) is 14.9 Å². The quantitative estimate of drug-likeness (QED) is 0.856. The van der Waals surface area contributed by atoms with E-state index in [1.807, 2.05) is 6.92 Å². The normalized spacial score (nSPS) is 12.3. The van der Waals surface area contributed by atoms with E-state index in [-0.39, 0.29) is 15.6 Å². The second-order valence-electron chi connectivity index (χ2n) is 4.45. The number of benzene rings is 1. The number of nitrogens with one attached hydrogen (secondary N) is 2. The zero-order valence-electron chi connectivity index (χ0n) is 11.5. The minimum atomic E-state index is -3.83. The third-order valence-electron chi connectivity index (χ3n) is 2.74. The van der Waals surface area contributed by atoms with Gasteiger partial charge in [-0.1, -0.05) is 13.0 Å². The first kappa shape index (κ1) is 15.5. The summed E-state index contributed by atoms with van der Waals surface area (Å²) in [5.41, 5.74) is 0.172. The van der Waals surface area contributed by atoms with Crippen molar-refractivity contribution in [3.63, 3.8) is 0 Å². The minimum Gasteiger partial charge on any atom is -0.332 e. The number of anilines is 1. The highest BCUT2D eigenvalue weighted by atomic mass is 32.2. The Morgan fingerprint density at radius 1 is 1.24 bits per heavy atom. The maximum absolute atomic E-state index is 12.2. The Balaban J connectivity index is 2.33. The molecule has 0 amide bonds. The second-order valence-corrected chi connectivity index (χ2v) is 8.12. The predicted molar refractivity (Wildman–Crippen MR) is 78.3 cm³/mol. The van der Waals surface area contributed by atoms with Crippen molar-refractivity contribution in [3.8, 4) is 0 Å². The third-order valence-corrected chi connectivity index (χ3v) is 5.15. The lowest BCUT2D eigenvalue weighted by molar-refractivity contribution is 0.596. The molecule has 1 aromatic carbocycles. The van der Waals surface area contributed by atoms with Gasteiger partial charge in [0.1, 0.15) is 5.82 Å². The molecule has 0 aliphatic carbocycles. The zero-order valence-corrected chi connectivity index (χ0v) is 13.1. The fourth-order valence-electron chi connectivity index (χ4n) is 1.66. The average Bonchev–Trinajstić information content (AvgIpc) is 2.87. The lowest BCUT2D eigenvalue weighted by atomic mass is 10.3. The van der Waals surface area contributed by atoms with Crippen LogP contribution in [0.15, 0.2) is 40.4 Å². The smallest absolute Gasteiger partial charge is 0.278 e. The minimum absolute atomic E-state index is 0.0431. The summed E-state index contributed by atoms with van der Waals surface area (Å²) in [7, 11) is -7.23. The number of aryl methyl sites for hydroxylation is 1. The van der Waals surface area contributed by atoms with Crippen LogP contribution in [0.2, 0.25) is 0 Å². The highest BCUT2D eigenvalue weighted by Gasteiger charge is 2.18. The van der Waals surface area contributed by atoms with Gasteiger partial charge in [0.2, 0.25) is 0 Å². The molecular formula is C12H15N3O4S2. The monoisotopic (exact) mass is 329 g/mol. The lowest BCUT2D eigenvalue weighted by Gasteiger charge is -2.07. The summed E-state index contributed by atoms with van der Waals surface area (Å²) in [6, 6.07) is 5.62. The molecule has 0 unspecified atom stereocenters. The number of hydrogen-bond acceptors (Lipinski definition) is 5. The Morgan fingerprint density at radius 2 is 1.95 bits per heavy atom. The molecule has 0 saturated carbocycles. The largest absolute Gasteiger partial charge is 0.332 e. The molecule has 21 heavy (non-hydrogen) atoms. The molecule has 0 spiro atoms. The summed E-state index contributed by atoms with van der Waals surface area (Å²) in [6.07, 6.45) is 2.86. The first-order valence-electron chi connectivity index (χ1n) is 6.09. The maximum Gasteiger partial charge on any atom is 0.278 e. The predicted octanol–water partition coefficient (Wildman–Crippen LogP) is 1.18. The van der Waals surface area contributed by atoms with Gasteiger partial charge < -0.3 is 4.98 Å². The summed E-state index contributed by atoms with van der Waals surface area (Å²) >= 11 is 0. The van der Waals surface area contributed by atoms with Gasteiger partial charge in [0.05, 0.1) is 16.8 Å². The van der Waals surface area contributed by atoms with Crippen LogP contribution in [0.25, 0.3) is 0 Å². The SMILES string of the molecule is CCc1ncc(S(=O)(=O)Nc2cccc(S(C)(=O)=O)c2)[nH]1. The molecule has 0 fully saturated rings. The number of aromatic nitrogens is 2. The van der Waals surface area contributed by atoms with E-state index in [0.29, 0.717) is 12.2 Å². The molecule has 1 aromatic heterocycles. The fraction of sp³-hybridized carbons (Fsp3) is 0.250. The molecule has 9 heteroatoms. The van der Waals surface area contributed by atoms with Gasteiger partial charge in [-0.15, -0.1) is 0 Å². The van der Waals surface area contributed by atoms with Crippen molar-refractivity contribution >= 4 is 25.5 Å². The number of aromatic amines is 1. The standard InChI is InChI=1S/C12H15N3O4S2/c1-3-11-13-8-12(14-11)21(18,19)15-9-5-4-6-10(7-9)20(2,16)17/h4-8,15H,3H2,1-2H3,(H,13,14). The number of H-pyrrole nitrogens is 1. The highest BCUT2D eigenvalue weighted by molar-refractivity contribution is 7.92. The molecule has 1 heterocycles. The molecule has 0 aliphatic heterocycles. The van der Waals surface area contributed by atoms with Crippen molar-refractivity contribution in [2.75, 3.05) is 11.0 Å². The van der Waals surface area contributed by atoms with E-state index in [9.17, 15) is 16.8 Å². The first-order chi connectivity index (χ1) is 9.72. The van der Waals surface area contributed by atoms with E-state index in [1.165, 1.54) is 30.5 Å². The van der Waals surface area contributed by atoms with Crippen LogP contribution in [-0.4, -0.2) is 33.1 Å². The van der Waals surface area contributed by atoms with Gasteiger partial charge in [0.25, 0.3) is 10.0 Å². The molecule has 114 valence electrons. The van der Waals surface area contributed by atoms with Crippen molar-refractivity contribution in [2.45, 2.75) is 23.3 Å². The van der Waals surface area contributed by atoms with E-state index in [2.05, 4.69) is 14.7 Å². The summed E-state index contributed by atoms with van der Waals surface area (Å²) in [5, 5.41) is -0.0656. The molecule has 2 rings (SSSR count). The summed E-state index contributed by atoms with van der Waals surface area (Å²) < 4.78 is 49.6. The molecule has 0 saturated heterocycles. The van der Waals surface area contributed by atoms with Crippen LogP contribution in [0.1, 0.15) is 12.7 Å². The lowest BCUT2D eigenvalue weighted by Crippen LogP contribution is -2.13. The van der Waals surface area contributed by atoms with Crippen LogP contribution in [0, 0.1) is 0 Å². The van der Waals surface area contributed by atoms with Crippen LogP contribution in [0.4, 0.5) is 5.69 Å². The topological polar surface area (TPSA) is 109 Å². The molecule has 0 aliphatic rings. The summed E-state index contributed by atoms with van der Waals surface area (Å²) in [5.74, 6) is 0.556. The average molecular weight is 329 g/mol. The van der Waals surface area contributed by atoms with Crippen molar-refractivity contribution in [3.05, 3.63) is 36.3 Å². The Bertz CT molecular complexity index is 854. The van der Waals surface area contributed by atoms with Crippen LogP contribution >= 0.6 is 0 Å². The van der Waals surface area contributed by atoms with Gasteiger partial charge in [-0.3, -0.25) is 4.72 Å². The Morgan fingerprint density at radius 3 is 2.52 bits per heavy atom. The van der Waals surface area contributed by atoms with Crippen LogP contribution in [-0.2, 0) is 26.3 Å². The number of imidazole rings is 1. The Kier molecular flexibility index (Phi) is 4.06. The van der Waals surface area contributed by atoms with Gasteiger partial charge in [0, 0.05) is 12.7 Å². The summed E-state index contributed by atoms with van der Waals surface area (Å²) in [6.45, 7) is 1.85. The Hall–Kier alpha value is -1.87. The number of hydrogen-bond donors (Lipinski definition) is 2. The van der Waals surface area contributed by atoms with Crippen molar-refractivity contribution in [1.29, 1.82) is 0 Å². The molecule has 0 bridgehead atoms. The van der Waals surface area contributed by atoms with E-state index in [4.69, 9.17) is 0 Å². The highest BCUT2D eigenvalue weighted by Crippen LogP contribution is 2.18. The molecule has 2 aromatic rings. The fourth-order valence-corrected chi connectivity index (χ4v) is 3.32. The Labute approximate surface area is 123 Å². The third kappa shape index (κ3) is 3.61. The molecule has 0 atom stereocenters. The van der Waals surface area contributed by atoms with Crippen LogP contribution in [0.3, 0.4) is 0 Å². The molecule has 2 N–H and O–H groups in total. The zero-order chi connectivity index (χ0) is 15.7. The first-order valence-corrected chi connectivity index (χ1v) is 9.46. The second kappa shape index (κ2) is 5.49. The van der Waals surface area contributed by atoms with E-state index < -0.39 is 19.9 Å². The van der Waals surface area contributed by atoms with E-state index in [1.54, 1.807) is 0 Å². The van der Waals surface area contributed by atoms with Crippen LogP contribution < -0.4 is 4.72 Å². The number of nitrogens with zero attached hydrogens (tertiary/aromatic N) is 1. The van der Waals surface area contributed by atoms with Crippen molar-refractivity contribution in [2.24, 2.45) is 0 Å². The number of rotatable bonds is 5. The van der Waals surface area contributed by atoms with E-state index in [0.717, 1.165) is 6.26 Å². The maximum atomic E-state index is 12.2. The van der Waals surface area contributed by atoms with Gasteiger partial charge in [-0.25, -0.2) is 13.4 Å².